The molecule has 5 aromatic rings. The van der Waals surface area contributed by atoms with E-state index in [1.807, 2.05) is 62.4 Å². The first-order chi connectivity index (χ1) is 55.2. The number of ketones is 6. The molecular formula is C94H108Cl2FNO15S3. The Bertz CT molecular complexity index is 4950. The number of carbonyl (C=O) groups is 6. The Kier molecular flexibility index (Phi) is 21.8. The van der Waals surface area contributed by atoms with Crippen LogP contribution in [0.2, 0.25) is 10.0 Å². The zero-order valence-corrected chi connectivity index (χ0v) is 71.4. The lowest BCUT2D eigenvalue weighted by atomic mass is 9.44. The van der Waals surface area contributed by atoms with E-state index in [-0.39, 0.29) is 130 Å². The standard InChI is InChI=1S/C35H40O5S.C32H37NO6S.C27H31Cl2FO4S/c1-4-7-31-39-30-18-27-26-13-11-23-17-24(36)14-15-33(23,2)32(26)28(37)19-34(27,3)35(30,40-31)29(38)20-41-25-12-10-21-8-5-6-9-22(21)16-25;1-4-7-27-38-26-15-21-20-11-10-18-14-19(34)12-13-30(18,2)28(20)23(35)16-31(21,3)32(26,39-27)25(36)17-40-29-33-22-8-5-6-9-24(22)37-29;1-24-9-7-17(31)11-15(24)3-5-19-18-8-10-26(34,25(18,2)13-22(32)27(19,24)30)23(33)14-35-21-6-4-16(28)12-20(21)29/h5-6,8-10,12,14-17,26-28,30-32,37H,4,7,11,13,18-20H2,1-3H3;5-6,8-9,12-14,20-21,23,26-28,35H,4,7,10-11,15-17H2,1-3H3;4,6,11-12,18-19,22,32,34H,3,5,7-10,13-14H2,1-2H3/t26?,27?,28-,30+,31?,32?,33?,34?,35+;20?,21?,23-,26+,27?,28?,30?,31?,32+;18?,19?,22-,24?,25?,26-,27-/m000/s1. The summed E-state index contributed by atoms with van der Waals surface area (Å²) in [7, 11) is 0. The van der Waals surface area contributed by atoms with Gasteiger partial charge in [0.05, 0.1) is 52.8 Å². The fourth-order valence-electron chi connectivity index (χ4n) is 26.6. The van der Waals surface area contributed by atoms with Crippen LogP contribution >= 0.6 is 58.5 Å². The van der Waals surface area contributed by atoms with Crippen molar-refractivity contribution in [2.75, 3.05) is 17.3 Å². The van der Waals surface area contributed by atoms with Crippen LogP contribution in [0.5, 0.6) is 0 Å². The number of para-hydroxylation sites is 2. The molecule has 1 aromatic heterocycles. The van der Waals surface area contributed by atoms with Crippen molar-refractivity contribution in [3.8, 4) is 0 Å². The van der Waals surface area contributed by atoms with Crippen molar-refractivity contribution in [1.82, 2.24) is 4.98 Å². The number of hydrogen-bond donors (Lipinski definition) is 4. The van der Waals surface area contributed by atoms with Crippen molar-refractivity contribution in [3.63, 3.8) is 0 Å². The van der Waals surface area contributed by atoms with Crippen LogP contribution in [0, 0.1) is 79.8 Å². The molecule has 4 N–H and O–H groups in total. The van der Waals surface area contributed by atoms with Crippen LogP contribution in [0.15, 0.2) is 164 Å². The third-order valence-corrected chi connectivity index (χ3v) is 35.6. The van der Waals surface area contributed by atoms with Crippen LogP contribution in [0.4, 0.5) is 4.39 Å². The number of alkyl halides is 1. The average molecular weight is 1680 g/mol. The quantitative estimate of drug-likeness (QED) is 0.0671. The third kappa shape index (κ3) is 12.8. The summed E-state index contributed by atoms with van der Waals surface area (Å²) >= 11 is 16.3. The summed E-state index contributed by atoms with van der Waals surface area (Å²) in [5.41, 5.74) is -4.85. The van der Waals surface area contributed by atoms with Gasteiger partial charge in [0, 0.05) is 71.5 Å². The molecule has 116 heavy (non-hydrogen) atoms. The van der Waals surface area contributed by atoms with E-state index >= 15 is 4.39 Å². The second kappa shape index (κ2) is 30.6. The molecule has 22 heteroatoms. The van der Waals surface area contributed by atoms with E-state index in [0.29, 0.717) is 70.0 Å². The summed E-state index contributed by atoms with van der Waals surface area (Å²) in [4.78, 5) is 85.2. The van der Waals surface area contributed by atoms with Crippen LogP contribution in [0.1, 0.15) is 177 Å². The highest BCUT2D eigenvalue weighted by Crippen LogP contribution is 2.74. The van der Waals surface area contributed by atoms with Crippen molar-refractivity contribution in [2.45, 2.75) is 258 Å². The molecule has 3 heterocycles. The Hall–Kier alpha value is -5.43. The lowest BCUT2D eigenvalue weighted by molar-refractivity contribution is -0.225. The molecule has 0 bridgehead atoms. The molecule has 4 aromatic carbocycles. The Morgan fingerprint density at radius 2 is 1.14 bits per heavy atom. The molecule has 0 spiro atoms. The first-order valence-electron chi connectivity index (χ1n) is 42.3. The van der Waals surface area contributed by atoms with Gasteiger partial charge in [-0.1, -0.05) is 175 Å². The Morgan fingerprint density at radius 3 is 1.72 bits per heavy atom. The maximum Gasteiger partial charge on any atom is 0.257 e. The summed E-state index contributed by atoms with van der Waals surface area (Å²) < 4.78 is 49.7. The van der Waals surface area contributed by atoms with E-state index in [1.165, 1.54) is 28.9 Å². The van der Waals surface area contributed by atoms with Gasteiger partial charge in [-0.2, -0.15) is 0 Å². The molecule has 19 rings (SSSR count). The minimum Gasteiger partial charge on any atom is -0.431 e. The van der Waals surface area contributed by atoms with Gasteiger partial charge in [-0.25, -0.2) is 9.37 Å². The van der Waals surface area contributed by atoms with Crippen LogP contribution < -0.4 is 0 Å². The second-order valence-electron chi connectivity index (χ2n) is 37.5. The predicted octanol–water partition coefficient (Wildman–Crippen LogP) is 18.3. The van der Waals surface area contributed by atoms with E-state index in [0.717, 1.165) is 96.7 Å². The number of aliphatic hydroxyl groups is 4. The highest BCUT2D eigenvalue weighted by atomic mass is 35.5. The van der Waals surface area contributed by atoms with Gasteiger partial charge in [0.15, 0.2) is 64.1 Å². The molecule has 11 fully saturated rings. The Labute approximate surface area is 701 Å². The molecular weight excluding hydrogens is 1570 g/mol. The van der Waals surface area contributed by atoms with Gasteiger partial charge in [-0.15, -0.1) is 23.5 Å². The fourth-order valence-corrected chi connectivity index (χ4v) is 29.7. The van der Waals surface area contributed by atoms with Crippen molar-refractivity contribution in [1.29, 1.82) is 0 Å². The number of rotatable bonds is 16. The van der Waals surface area contributed by atoms with Crippen LogP contribution in [-0.4, -0.2) is 143 Å². The largest absolute Gasteiger partial charge is 0.431 e. The molecule has 618 valence electrons. The number of benzene rings is 4. The zero-order valence-electron chi connectivity index (χ0n) is 67.4. The topological polar surface area (TPSA) is 246 Å². The van der Waals surface area contributed by atoms with Gasteiger partial charge in [0.25, 0.3) is 5.22 Å². The summed E-state index contributed by atoms with van der Waals surface area (Å²) in [6, 6.07) is 27.3. The normalized spacial score (nSPS) is 41.8. The van der Waals surface area contributed by atoms with Gasteiger partial charge in [0.2, 0.25) is 0 Å². The number of thioether (sulfide) groups is 3. The van der Waals surface area contributed by atoms with Gasteiger partial charge >= 0.3 is 0 Å². The molecule has 0 radical (unpaired) electrons. The number of aliphatic hydroxyl groups excluding tert-OH is 3. The number of ether oxygens (including phenoxy) is 4. The Balaban J connectivity index is 0.000000126. The maximum atomic E-state index is 17.2. The summed E-state index contributed by atoms with van der Waals surface area (Å²) in [5, 5.41) is 50.8. The highest BCUT2D eigenvalue weighted by Gasteiger charge is 2.79. The van der Waals surface area contributed by atoms with Crippen molar-refractivity contribution in [3.05, 3.63) is 154 Å². The van der Waals surface area contributed by atoms with E-state index in [9.17, 15) is 49.2 Å². The fraction of sp³-hybridized carbons (Fsp3) is 0.585. The molecule has 12 aliphatic carbocycles. The van der Waals surface area contributed by atoms with Gasteiger partial charge in [-0.05, 0) is 216 Å². The molecule has 9 saturated carbocycles. The van der Waals surface area contributed by atoms with E-state index < -0.39 is 80.9 Å². The molecule has 0 amide bonds. The van der Waals surface area contributed by atoms with Crippen molar-refractivity contribution < 1.29 is 76.9 Å². The molecule has 16 unspecified atom stereocenters. The number of Topliss-reactive ketones (excluding diaryl/α,β-unsaturated/α-hetero) is 3. The smallest absolute Gasteiger partial charge is 0.257 e. The molecule has 2 saturated heterocycles. The van der Waals surface area contributed by atoms with E-state index in [2.05, 4.69) is 76.9 Å². The summed E-state index contributed by atoms with van der Waals surface area (Å²) in [6.07, 6.45) is 20.3. The highest BCUT2D eigenvalue weighted by molar-refractivity contribution is 8.00. The monoisotopic (exact) mass is 1680 g/mol. The lowest BCUT2D eigenvalue weighted by Crippen LogP contribution is -2.69. The molecule has 16 nitrogen and oxygen atoms in total. The molecule has 2 aliphatic heterocycles. The van der Waals surface area contributed by atoms with E-state index in [4.69, 9.17) is 46.6 Å². The minimum atomic E-state index is -1.89. The maximum absolute atomic E-state index is 17.2. The first-order valence-corrected chi connectivity index (χ1v) is 46.0. The number of fused-ring (bicyclic) bond motifs is 21. The van der Waals surface area contributed by atoms with E-state index in [1.54, 1.807) is 60.3 Å². The van der Waals surface area contributed by atoms with Gasteiger partial charge < -0.3 is 43.8 Å². The number of hydrogen-bond acceptors (Lipinski definition) is 19. The Morgan fingerprint density at radius 1 is 0.578 bits per heavy atom. The van der Waals surface area contributed by atoms with Gasteiger partial charge in [-0.3, -0.25) is 28.8 Å². The first kappa shape index (κ1) is 82.9. The van der Waals surface area contributed by atoms with Gasteiger partial charge in [0.1, 0.15) is 16.8 Å². The number of halogens is 3. The van der Waals surface area contributed by atoms with Crippen LogP contribution in [0.3, 0.4) is 0 Å². The summed E-state index contributed by atoms with van der Waals surface area (Å²) in [5.74, 6) is 0.406. The lowest BCUT2D eigenvalue weighted by Gasteiger charge is -2.63. The third-order valence-electron chi connectivity index (χ3n) is 32.1. The number of aromatic nitrogens is 1. The molecule has 25 atom stereocenters. The second-order valence-corrected chi connectivity index (χ2v) is 41.3. The zero-order chi connectivity index (χ0) is 81.8. The number of nitrogens with zero attached hydrogens (tertiary/aromatic N) is 1. The molecule has 14 aliphatic rings. The van der Waals surface area contributed by atoms with Crippen molar-refractivity contribution in [2.24, 2.45) is 79.8 Å². The van der Waals surface area contributed by atoms with Crippen LogP contribution in [0.25, 0.3) is 21.9 Å². The van der Waals surface area contributed by atoms with Crippen LogP contribution in [-0.2, 0) is 47.7 Å². The number of allylic oxidation sites excluding steroid dienone is 9. The average Bonchev–Trinajstić information content (AvgIpc) is 1.56. The SMILES string of the molecule is CC12C[C@H](O)[C@@]3(F)C(CCC4=CC(=O)CCC43C)C1CC[C@]2(O)C(=O)CSc1ccc(Cl)cc1Cl.CCCC1O[C@@H]2CC3C4CCC5=CC(=O)C=CC5(C)C4[C@@H](O)CC3(C)[C@]2(C(=O)CSc2ccc3ccccc3c2)O1.CCCC1O[C@@H]2CC3C4CCC5=CC(=O)C=CC5(C)C4[C@@H](O)CC3(C)[C@]2(C(=O)CSc2nc3ccccc3o2)O1. The summed E-state index contributed by atoms with van der Waals surface area (Å²) in [6.45, 7) is 16.6. The number of carbonyl (C=O) groups excluding carboxylic acids is 6. The minimum absolute atomic E-state index is 0.00863. The predicted molar refractivity (Wildman–Crippen MR) is 447 cm³/mol. The number of oxazole rings is 1. The van der Waals surface area contributed by atoms with Crippen molar-refractivity contribution >= 4 is 115 Å².